The van der Waals surface area contributed by atoms with Gasteiger partial charge >= 0.3 is 0 Å². The Hall–Kier alpha value is -0.850. The summed E-state index contributed by atoms with van der Waals surface area (Å²) in [5.41, 5.74) is 2.97. The molecule has 30 heavy (non-hydrogen) atoms. The average Bonchev–Trinajstić information content (AvgIpc) is 3.45. The van der Waals surface area contributed by atoms with Crippen LogP contribution in [0.5, 0.6) is 0 Å². The molecule has 0 radical (unpaired) electrons. The van der Waals surface area contributed by atoms with E-state index in [9.17, 15) is 0 Å². The fourth-order valence-electron chi connectivity index (χ4n) is 3.99. The lowest BCUT2D eigenvalue weighted by atomic mass is 9.86. The normalized spacial score (nSPS) is 14.7. The first-order valence-corrected chi connectivity index (χ1v) is 13.5. The van der Waals surface area contributed by atoms with Crippen molar-refractivity contribution in [3.63, 3.8) is 0 Å². The molecule has 2 aromatic rings. The lowest BCUT2D eigenvalue weighted by Gasteiger charge is -2.29. The lowest BCUT2D eigenvalue weighted by molar-refractivity contribution is -0.0187. The third-order valence-corrected chi connectivity index (χ3v) is 8.71. The second kappa shape index (κ2) is 11.7. The van der Waals surface area contributed by atoms with Crippen LogP contribution in [0.15, 0.2) is 36.1 Å². The predicted octanol–water partition coefficient (Wildman–Crippen LogP) is 8.04. The molecule has 164 valence electrons. The largest absolute Gasteiger partial charge is 0.381 e. The van der Waals surface area contributed by atoms with Gasteiger partial charge in [0.2, 0.25) is 0 Å². The smallest absolute Gasteiger partial charge is 0.0550 e. The summed E-state index contributed by atoms with van der Waals surface area (Å²) >= 11 is 5.34. The zero-order chi connectivity index (χ0) is 21.4. The summed E-state index contributed by atoms with van der Waals surface area (Å²) in [6.07, 6.45) is 6.60. The molecule has 0 saturated carbocycles. The van der Waals surface area contributed by atoms with Crippen LogP contribution in [-0.2, 0) is 22.3 Å². The molecule has 0 aliphatic heterocycles. The van der Waals surface area contributed by atoms with Gasteiger partial charge in [0.05, 0.1) is 13.2 Å². The predicted molar refractivity (Wildman–Crippen MR) is 136 cm³/mol. The van der Waals surface area contributed by atoms with Crippen LogP contribution < -0.4 is 0 Å². The molecule has 0 spiro atoms. The van der Waals surface area contributed by atoms with E-state index < -0.39 is 0 Å². The molecule has 0 bridgehead atoms. The number of unbranched alkanes of at least 4 members (excludes halogenated alkanes) is 2. The first kappa shape index (κ1) is 23.8. The Morgan fingerprint density at radius 1 is 1.13 bits per heavy atom. The minimum atomic E-state index is 0.0278. The van der Waals surface area contributed by atoms with E-state index in [-0.39, 0.29) is 5.41 Å². The Bertz CT molecular complexity index is 808. The van der Waals surface area contributed by atoms with Crippen molar-refractivity contribution in [1.82, 2.24) is 0 Å². The average molecular weight is 463 g/mol. The third-order valence-electron chi connectivity index (χ3n) is 5.54. The summed E-state index contributed by atoms with van der Waals surface area (Å²) in [4.78, 5) is 5.18. The number of rotatable bonds is 14. The van der Waals surface area contributed by atoms with Gasteiger partial charge in [-0.2, -0.15) is 0 Å². The molecule has 2 heterocycles. The van der Waals surface area contributed by atoms with E-state index in [0.29, 0.717) is 0 Å². The maximum atomic E-state index is 6.18. The van der Waals surface area contributed by atoms with Crippen LogP contribution in [0.25, 0.3) is 14.7 Å². The van der Waals surface area contributed by atoms with Gasteiger partial charge in [-0.05, 0) is 53.7 Å². The molecule has 2 aromatic heterocycles. The van der Waals surface area contributed by atoms with Crippen molar-refractivity contribution in [3.05, 3.63) is 52.1 Å². The van der Waals surface area contributed by atoms with Crippen LogP contribution in [0.2, 0.25) is 0 Å². The first-order chi connectivity index (χ1) is 14.6. The topological polar surface area (TPSA) is 18.5 Å². The van der Waals surface area contributed by atoms with E-state index in [0.717, 1.165) is 69.9 Å². The summed E-state index contributed by atoms with van der Waals surface area (Å²) in [6.45, 7) is 15.9. The molecule has 0 aromatic carbocycles. The summed E-state index contributed by atoms with van der Waals surface area (Å²) in [7, 11) is 0. The van der Waals surface area contributed by atoms with Crippen LogP contribution in [0.4, 0.5) is 0 Å². The molecule has 1 aliphatic rings. The Labute approximate surface area is 194 Å². The molecule has 2 nitrogen and oxygen atoms in total. The molecule has 0 atom stereocenters. The summed E-state index contributed by atoms with van der Waals surface area (Å²) < 4.78 is 12.4. The molecule has 0 unspecified atom stereocenters. The lowest BCUT2D eigenvalue weighted by Crippen LogP contribution is -2.34. The molecular formula is C25H34O2S3. The van der Waals surface area contributed by atoms with Gasteiger partial charge in [0.25, 0.3) is 0 Å². The van der Waals surface area contributed by atoms with E-state index in [4.69, 9.17) is 9.47 Å². The Morgan fingerprint density at radius 2 is 1.80 bits per heavy atom. The van der Waals surface area contributed by atoms with Gasteiger partial charge in [-0.3, -0.25) is 0 Å². The Balaban J connectivity index is 1.88. The quantitative estimate of drug-likeness (QED) is 0.265. The monoisotopic (exact) mass is 462 g/mol. The van der Waals surface area contributed by atoms with Gasteiger partial charge in [-0.1, -0.05) is 57.7 Å². The minimum absolute atomic E-state index is 0.0278. The minimum Gasteiger partial charge on any atom is -0.381 e. The molecule has 0 fully saturated rings. The standard InChI is InChI=1S/C25H34O2S3/c1-5-8-12-26-17-25(18-27-13-9-6-2)15-20-21(16-25)24(22-11-10-14-29-22)30-23(20)19(4)28-7-3/h7,10-11,14H,3-6,8-9,12-13,15-18H2,1-2H3. The van der Waals surface area contributed by atoms with Crippen LogP contribution >= 0.6 is 34.4 Å². The molecule has 3 rings (SSSR count). The highest BCUT2D eigenvalue weighted by molar-refractivity contribution is 8.11. The van der Waals surface area contributed by atoms with E-state index in [1.54, 1.807) is 11.8 Å². The highest BCUT2D eigenvalue weighted by Gasteiger charge is 2.42. The van der Waals surface area contributed by atoms with Gasteiger partial charge in [0, 0.05) is 38.2 Å². The van der Waals surface area contributed by atoms with Crippen molar-refractivity contribution >= 4 is 39.3 Å². The number of thioether (sulfide) groups is 1. The van der Waals surface area contributed by atoms with Crippen LogP contribution in [0.3, 0.4) is 0 Å². The van der Waals surface area contributed by atoms with Gasteiger partial charge in [0.15, 0.2) is 0 Å². The number of hydrogen-bond acceptors (Lipinski definition) is 5. The number of ether oxygens (including phenoxy) is 2. The van der Waals surface area contributed by atoms with Crippen molar-refractivity contribution < 1.29 is 9.47 Å². The van der Waals surface area contributed by atoms with Crippen molar-refractivity contribution in [2.24, 2.45) is 5.41 Å². The van der Waals surface area contributed by atoms with Gasteiger partial charge in [0.1, 0.15) is 0 Å². The van der Waals surface area contributed by atoms with Crippen molar-refractivity contribution in [2.75, 3.05) is 26.4 Å². The maximum Gasteiger partial charge on any atom is 0.0550 e. The van der Waals surface area contributed by atoms with Gasteiger partial charge in [-0.25, -0.2) is 0 Å². The van der Waals surface area contributed by atoms with E-state index >= 15 is 0 Å². The summed E-state index contributed by atoms with van der Waals surface area (Å²) in [5.74, 6) is 0. The van der Waals surface area contributed by atoms with E-state index in [1.165, 1.54) is 25.8 Å². The van der Waals surface area contributed by atoms with E-state index in [1.807, 2.05) is 28.1 Å². The fourth-order valence-corrected chi connectivity index (χ4v) is 6.77. The van der Waals surface area contributed by atoms with Crippen LogP contribution in [0, 0.1) is 5.41 Å². The summed E-state index contributed by atoms with van der Waals surface area (Å²) in [5, 5.41) is 4.04. The van der Waals surface area contributed by atoms with E-state index in [2.05, 4.69) is 44.5 Å². The second-order valence-corrected chi connectivity index (χ2v) is 11.1. The summed E-state index contributed by atoms with van der Waals surface area (Å²) in [6, 6.07) is 4.38. The number of hydrogen-bond donors (Lipinski definition) is 0. The second-order valence-electron chi connectivity index (χ2n) is 8.07. The van der Waals surface area contributed by atoms with Crippen LogP contribution in [0.1, 0.15) is 55.5 Å². The Morgan fingerprint density at radius 3 is 2.37 bits per heavy atom. The SMILES string of the molecule is C=CSC(=C)c1sc(-c2cccs2)c2c1CC(COCCCC)(COCCCC)C2. The van der Waals surface area contributed by atoms with Gasteiger partial charge in [-0.15, -0.1) is 22.7 Å². The third kappa shape index (κ3) is 5.68. The highest BCUT2D eigenvalue weighted by Crippen LogP contribution is 2.52. The maximum absolute atomic E-state index is 6.18. The zero-order valence-corrected chi connectivity index (χ0v) is 20.8. The van der Waals surface area contributed by atoms with Crippen molar-refractivity contribution in [1.29, 1.82) is 0 Å². The van der Waals surface area contributed by atoms with Crippen molar-refractivity contribution in [2.45, 2.75) is 52.4 Å². The number of thiophene rings is 2. The fraction of sp³-hybridized carbons (Fsp3) is 0.520. The molecular weight excluding hydrogens is 428 g/mol. The molecule has 1 aliphatic carbocycles. The molecule has 0 N–H and O–H groups in total. The Kier molecular flexibility index (Phi) is 9.27. The number of fused-ring (bicyclic) bond motifs is 1. The molecule has 0 amide bonds. The highest BCUT2D eigenvalue weighted by atomic mass is 32.2. The molecule has 0 saturated heterocycles. The zero-order valence-electron chi connectivity index (χ0n) is 18.3. The first-order valence-electron chi connectivity index (χ1n) is 10.9. The van der Waals surface area contributed by atoms with Crippen LogP contribution in [-0.4, -0.2) is 26.4 Å². The van der Waals surface area contributed by atoms with Gasteiger partial charge < -0.3 is 9.47 Å². The molecule has 5 heteroatoms. The van der Waals surface area contributed by atoms with Crippen molar-refractivity contribution in [3.8, 4) is 9.75 Å².